The quantitative estimate of drug-likeness (QED) is 0.0244. The molecule has 59 heavy (non-hydrogen) atoms. The number of phosphoric acid groups is 1. The first-order chi connectivity index (χ1) is 28.5. The van der Waals surface area contributed by atoms with Crippen molar-refractivity contribution in [3.63, 3.8) is 0 Å². The highest BCUT2D eigenvalue weighted by Crippen LogP contribution is 2.43. The number of phosphoric ester groups is 1. The number of quaternary nitrogens is 1. The molecule has 0 fully saturated rings. The number of rotatable bonds is 46. The second-order valence-electron chi connectivity index (χ2n) is 18.5. The summed E-state index contributed by atoms with van der Waals surface area (Å²) in [4.78, 5) is 23.2. The zero-order valence-corrected chi connectivity index (χ0v) is 40.7. The summed E-state index contributed by atoms with van der Waals surface area (Å²) in [6, 6.07) is -0.858. The summed E-state index contributed by atoms with van der Waals surface area (Å²) in [6.45, 7) is 4.82. The molecule has 0 aromatic heterocycles. The molecule has 0 aromatic carbocycles. The summed E-state index contributed by atoms with van der Waals surface area (Å²) in [5, 5.41) is 13.9. The Kier molecular flexibility index (Phi) is 41.6. The summed E-state index contributed by atoms with van der Waals surface area (Å²) in [7, 11) is 1.56. The van der Waals surface area contributed by atoms with Gasteiger partial charge in [-0.15, -0.1) is 0 Å². The normalized spacial score (nSPS) is 14.4. The minimum Gasteiger partial charge on any atom is -0.387 e. The van der Waals surface area contributed by atoms with E-state index in [0.717, 1.165) is 38.5 Å². The van der Waals surface area contributed by atoms with Crippen LogP contribution in [0.5, 0.6) is 0 Å². The maximum Gasteiger partial charge on any atom is 0.472 e. The minimum atomic E-state index is -4.35. The van der Waals surface area contributed by atoms with Crippen LogP contribution < -0.4 is 5.32 Å². The second-order valence-corrected chi connectivity index (χ2v) is 20.0. The van der Waals surface area contributed by atoms with Gasteiger partial charge in [0, 0.05) is 6.42 Å². The molecule has 3 unspecified atom stereocenters. The Morgan fingerprint density at radius 3 is 1.36 bits per heavy atom. The van der Waals surface area contributed by atoms with Gasteiger partial charge < -0.3 is 19.8 Å². The van der Waals surface area contributed by atoms with Gasteiger partial charge in [0.15, 0.2) is 0 Å². The molecule has 0 bridgehead atoms. The molecule has 0 aliphatic heterocycles. The standard InChI is InChI=1S/C50H99N2O6P/c1-6-8-10-12-14-16-18-20-22-24-26-27-29-31-33-35-37-39-41-43-49(53)48(47-58-59(55,56)57-46-45-52(3,4)5)51-50(54)44-42-40-38-36-34-32-30-28-25-23-21-19-17-15-13-11-9-7-2/h33,35,41,43,48-49,53H,6-32,34,36-40,42,44-47H2,1-5H3,(H-,51,54,55,56)/p+1/b35-33+,43-41+. The Labute approximate surface area is 366 Å². The van der Waals surface area contributed by atoms with Crippen LogP contribution in [0.2, 0.25) is 0 Å². The summed E-state index contributed by atoms with van der Waals surface area (Å²) >= 11 is 0. The van der Waals surface area contributed by atoms with Crippen LogP contribution in [0.3, 0.4) is 0 Å². The van der Waals surface area contributed by atoms with Crippen LogP contribution in [-0.4, -0.2) is 73.4 Å². The number of allylic oxidation sites excluding steroid dienone is 3. The van der Waals surface area contributed by atoms with E-state index in [-0.39, 0.29) is 19.1 Å². The number of nitrogens with zero attached hydrogens (tertiary/aromatic N) is 1. The molecule has 0 heterocycles. The predicted octanol–water partition coefficient (Wildman–Crippen LogP) is 14.5. The molecule has 3 N–H and O–H groups in total. The van der Waals surface area contributed by atoms with Gasteiger partial charge >= 0.3 is 7.82 Å². The van der Waals surface area contributed by atoms with Crippen molar-refractivity contribution in [1.82, 2.24) is 5.32 Å². The highest BCUT2D eigenvalue weighted by atomic mass is 31.2. The highest BCUT2D eigenvalue weighted by molar-refractivity contribution is 7.47. The number of aliphatic hydroxyl groups excluding tert-OH is 1. The van der Waals surface area contributed by atoms with Gasteiger partial charge in [0.1, 0.15) is 13.2 Å². The van der Waals surface area contributed by atoms with Crippen molar-refractivity contribution in [2.75, 3.05) is 40.9 Å². The number of amides is 1. The van der Waals surface area contributed by atoms with Gasteiger partial charge in [-0.1, -0.05) is 224 Å². The van der Waals surface area contributed by atoms with Crippen molar-refractivity contribution in [1.29, 1.82) is 0 Å². The first-order valence-corrected chi connectivity index (χ1v) is 26.7. The van der Waals surface area contributed by atoms with Crippen LogP contribution in [0.15, 0.2) is 24.3 Å². The van der Waals surface area contributed by atoms with Crippen LogP contribution in [-0.2, 0) is 18.4 Å². The monoisotopic (exact) mass is 856 g/mol. The van der Waals surface area contributed by atoms with Crippen LogP contribution in [0, 0.1) is 0 Å². The van der Waals surface area contributed by atoms with Crippen molar-refractivity contribution in [2.45, 2.75) is 251 Å². The van der Waals surface area contributed by atoms with Gasteiger partial charge in [-0.05, 0) is 32.1 Å². The molecule has 0 spiro atoms. The van der Waals surface area contributed by atoms with Gasteiger partial charge in [-0.3, -0.25) is 13.8 Å². The summed E-state index contributed by atoms with van der Waals surface area (Å²) in [6.07, 6.45) is 51.1. The number of nitrogens with one attached hydrogen (secondary N) is 1. The number of aliphatic hydroxyl groups is 1. The summed E-state index contributed by atoms with van der Waals surface area (Å²) in [5.74, 6) is -0.183. The van der Waals surface area contributed by atoms with E-state index in [4.69, 9.17) is 9.05 Å². The number of carbonyl (C=O) groups is 1. The Morgan fingerprint density at radius 1 is 0.559 bits per heavy atom. The fraction of sp³-hybridized carbons (Fsp3) is 0.900. The third kappa shape index (κ3) is 44.8. The number of likely N-dealkylation sites (N-methyl/N-ethyl adjacent to an activating group) is 1. The highest BCUT2D eigenvalue weighted by Gasteiger charge is 2.27. The first kappa shape index (κ1) is 58.0. The molecule has 1 amide bonds. The van der Waals surface area contributed by atoms with E-state index in [0.29, 0.717) is 17.4 Å². The van der Waals surface area contributed by atoms with Gasteiger partial charge in [0.25, 0.3) is 0 Å². The lowest BCUT2D eigenvalue weighted by Gasteiger charge is -2.25. The van der Waals surface area contributed by atoms with E-state index in [2.05, 4.69) is 31.3 Å². The summed E-state index contributed by atoms with van der Waals surface area (Å²) < 4.78 is 23.6. The molecular weight excluding hydrogens is 756 g/mol. The van der Waals surface area contributed by atoms with Crippen LogP contribution in [0.4, 0.5) is 0 Å². The largest absolute Gasteiger partial charge is 0.472 e. The lowest BCUT2D eigenvalue weighted by molar-refractivity contribution is -0.870. The molecule has 0 aromatic rings. The Balaban J connectivity index is 4.36. The topological polar surface area (TPSA) is 105 Å². The average molecular weight is 856 g/mol. The number of carbonyl (C=O) groups excluding carboxylic acids is 1. The van der Waals surface area contributed by atoms with E-state index in [1.807, 2.05) is 27.2 Å². The van der Waals surface area contributed by atoms with E-state index in [1.165, 1.54) is 180 Å². The maximum atomic E-state index is 12.9. The third-order valence-corrected chi connectivity index (χ3v) is 12.4. The average Bonchev–Trinajstić information content (AvgIpc) is 3.19. The molecule has 0 rings (SSSR count). The Hall–Kier alpha value is -1.02. The van der Waals surface area contributed by atoms with E-state index in [9.17, 15) is 19.4 Å². The summed E-state index contributed by atoms with van der Waals surface area (Å²) in [5.41, 5.74) is 0. The molecule has 9 heteroatoms. The lowest BCUT2D eigenvalue weighted by Crippen LogP contribution is -2.45. The van der Waals surface area contributed by atoms with Crippen molar-refractivity contribution < 1.29 is 32.9 Å². The van der Waals surface area contributed by atoms with Gasteiger partial charge in [0.05, 0.1) is 39.9 Å². The molecule has 0 saturated carbocycles. The molecule has 3 atom stereocenters. The Bertz CT molecular complexity index is 1020. The number of hydrogen-bond donors (Lipinski definition) is 3. The Morgan fingerprint density at radius 2 is 0.932 bits per heavy atom. The van der Waals surface area contributed by atoms with Crippen LogP contribution in [0.1, 0.15) is 239 Å². The molecule has 0 saturated heterocycles. The van der Waals surface area contributed by atoms with E-state index < -0.39 is 20.0 Å². The zero-order valence-electron chi connectivity index (χ0n) is 39.8. The van der Waals surface area contributed by atoms with Crippen molar-refractivity contribution in [3.8, 4) is 0 Å². The molecule has 350 valence electrons. The third-order valence-electron chi connectivity index (χ3n) is 11.4. The second kappa shape index (κ2) is 42.3. The van der Waals surface area contributed by atoms with Crippen molar-refractivity contribution in [3.05, 3.63) is 24.3 Å². The first-order valence-electron chi connectivity index (χ1n) is 25.2. The molecule has 8 nitrogen and oxygen atoms in total. The van der Waals surface area contributed by atoms with Gasteiger partial charge in [0.2, 0.25) is 5.91 Å². The SMILES string of the molecule is CCCCCCCCCCCCCCC/C=C/CC/C=C/C(O)C(COP(=O)(O)OCC[N+](C)(C)C)NC(=O)CCCCCCCCCCCCCCCCCCCC. The fourth-order valence-corrected chi connectivity index (χ4v) is 8.15. The fourth-order valence-electron chi connectivity index (χ4n) is 7.41. The lowest BCUT2D eigenvalue weighted by atomic mass is 10.0. The van der Waals surface area contributed by atoms with Crippen LogP contribution in [0.25, 0.3) is 0 Å². The van der Waals surface area contributed by atoms with Crippen molar-refractivity contribution in [2.24, 2.45) is 0 Å². The van der Waals surface area contributed by atoms with Crippen LogP contribution >= 0.6 is 7.82 Å². The predicted molar refractivity (Wildman–Crippen MR) is 254 cm³/mol. The minimum absolute atomic E-state index is 0.0585. The molecular formula is C50H100N2O6P+. The number of hydrogen-bond acceptors (Lipinski definition) is 5. The van der Waals surface area contributed by atoms with Crippen molar-refractivity contribution >= 4 is 13.7 Å². The molecule has 0 aliphatic rings. The molecule has 0 aliphatic carbocycles. The maximum absolute atomic E-state index is 12.9. The smallest absolute Gasteiger partial charge is 0.387 e. The number of unbranched alkanes of at least 4 members (excludes halogenated alkanes) is 31. The van der Waals surface area contributed by atoms with Gasteiger partial charge in [-0.2, -0.15) is 0 Å². The zero-order chi connectivity index (χ0) is 43.6. The molecule has 0 radical (unpaired) electrons. The van der Waals surface area contributed by atoms with Gasteiger partial charge in [-0.25, -0.2) is 4.57 Å². The van der Waals surface area contributed by atoms with E-state index in [1.54, 1.807) is 6.08 Å². The van der Waals surface area contributed by atoms with E-state index >= 15 is 0 Å².